The van der Waals surface area contributed by atoms with Gasteiger partial charge in [-0.3, -0.25) is 4.79 Å². The average Bonchev–Trinajstić information content (AvgIpc) is 2.29. The Bertz CT molecular complexity index is 375. The van der Waals surface area contributed by atoms with Gasteiger partial charge in [0.1, 0.15) is 5.82 Å². The predicted octanol–water partition coefficient (Wildman–Crippen LogP) is 1.63. The van der Waals surface area contributed by atoms with Crippen molar-refractivity contribution in [3.8, 4) is 0 Å². The number of benzene rings is 1. The fourth-order valence-corrected chi connectivity index (χ4v) is 1.36. The molecule has 0 aliphatic rings. The SMILES string of the molecule is CCC(CO)NC(=O)c1cccc(C)c1F. The summed E-state index contributed by atoms with van der Waals surface area (Å²) in [4.78, 5) is 11.7. The smallest absolute Gasteiger partial charge is 0.254 e. The largest absolute Gasteiger partial charge is 0.394 e. The molecule has 0 heterocycles. The van der Waals surface area contributed by atoms with Crippen LogP contribution in [0.4, 0.5) is 4.39 Å². The van der Waals surface area contributed by atoms with Gasteiger partial charge in [0, 0.05) is 0 Å². The van der Waals surface area contributed by atoms with Crippen LogP contribution in [-0.2, 0) is 0 Å². The summed E-state index contributed by atoms with van der Waals surface area (Å²) in [6.45, 7) is 3.30. The van der Waals surface area contributed by atoms with Crippen molar-refractivity contribution >= 4 is 5.91 Å². The van der Waals surface area contributed by atoms with E-state index in [4.69, 9.17) is 5.11 Å². The monoisotopic (exact) mass is 225 g/mol. The van der Waals surface area contributed by atoms with Crippen LogP contribution >= 0.6 is 0 Å². The van der Waals surface area contributed by atoms with Crippen LogP contribution in [0.2, 0.25) is 0 Å². The Kier molecular flexibility index (Phi) is 4.43. The number of rotatable bonds is 4. The van der Waals surface area contributed by atoms with Crippen molar-refractivity contribution in [1.29, 1.82) is 0 Å². The van der Waals surface area contributed by atoms with Crippen LogP contribution in [0.25, 0.3) is 0 Å². The van der Waals surface area contributed by atoms with Crippen molar-refractivity contribution in [3.05, 3.63) is 35.1 Å². The molecule has 1 amide bonds. The van der Waals surface area contributed by atoms with Gasteiger partial charge in [-0.1, -0.05) is 19.1 Å². The Morgan fingerprint density at radius 3 is 2.81 bits per heavy atom. The summed E-state index contributed by atoms with van der Waals surface area (Å²) in [5, 5.41) is 11.5. The highest BCUT2D eigenvalue weighted by atomic mass is 19.1. The van der Waals surface area contributed by atoms with E-state index in [1.165, 1.54) is 6.07 Å². The molecule has 0 radical (unpaired) electrons. The van der Waals surface area contributed by atoms with E-state index in [0.717, 1.165) is 0 Å². The molecule has 4 heteroatoms. The second-order valence-electron chi connectivity index (χ2n) is 3.70. The zero-order valence-electron chi connectivity index (χ0n) is 9.46. The van der Waals surface area contributed by atoms with Crippen molar-refractivity contribution in [1.82, 2.24) is 5.32 Å². The van der Waals surface area contributed by atoms with Gasteiger partial charge in [-0.25, -0.2) is 4.39 Å². The molecule has 1 atom stereocenters. The lowest BCUT2D eigenvalue weighted by Gasteiger charge is -2.14. The first-order valence-corrected chi connectivity index (χ1v) is 5.27. The van der Waals surface area contributed by atoms with E-state index in [2.05, 4.69) is 5.32 Å². The number of hydrogen-bond donors (Lipinski definition) is 2. The zero-order valence-corrected chi connectivity index (χ0v) is 9.46. The molecule has 0 aliphatic heterocycles. The molecule has 0 bridgehead atoms. The van der Waals surface area contributed by atoms with E-state index in [0.29, 0.717) is 12.0 Å². The molecular weight excluding hydrogens is 209 g/mol. The first kappa shape index (κ1) is 12.6. The van der Waals surface area contributed by atoms with Gasteiger partial charge in [0.2, 0.25) is 0 Å². The lowest BCUT2D eigenvalue weighted by atomic mass is 10.1. The summed E-state index contributed by atoms with van der Waals surface area (Å²) >= 11 is 0. The van der Waals surface area contributed by atoms with Gasteiger partial charge in [0.05, 0.1) is 18.2 Å². The molecule has 3 nitrogen and oxygen atoms in total. The third kappa shape index (κ3) is 2.79. The van der Waals surface area contributed by atoms with Crippen molar-refractivity contribution in [2.45, 2.75) is 26.3 Å². The molecule has 1 aromatic carbocycles. The van der Waals surface area contributed by atoms with Crippen LogP contribution in [0.3, 0.4) is 0 Å². The molecule has 0 aromatic heterocycles. The Labute approximate surface area is 94.3 Å². The van der Waals surface area contributed by atoms with Crippen molar-refractivity contribution in [2.24, 2.45) is 0 Å². The van der Waals surface area contributed by atoms with E-state index >= 15 is 0 Å². The first-order valence-electron chi connectivity index (χ1n) is 5.27. The quantitative estimate of drug-likeness (QED) is 0.818. The van der Waals surface area contributed by atoms with Crippen LogP contribution in [-0.4, -0.2) is 23.7 Å². The number of halogens is 1. The molecule has 88 valence electrons. The molecule has 1 rings (SSSR count). The Balaban J connectivity index is 2.84. The topological polar surface area (TPSA) is 49.3 Å². The molecule has 0 saturated heterocycles. The normalized spacial score (nSPS) is 12.2. The van der Waals surface area contributed by atoms with Gasteiger partial charge in [-0.2, -0.15) is 0 Å². The van der Waals surface area contributed by atoms with E-state index in [-0.39, 0.29) is 18.2 Å². The molecule has 0 fully saturated rings. The highest BCUT2D eigenvalue weighted by molar-refractivity contribution is 5.94. The maximum atomic E-state index is 13.6. The molecule has 0 spiro atoms. The number of aliphatic hydroxyl groups excluding tert-OH is 1. The molecule has 0 aliphatic carbocycles. The molecule has 1 unspecified atom stereocenters. The summed E-state index contributed by atoms with van der Waals surface area (Å²) in [5.41, 5.74) is 0.455. The van der Waals surface area contributed by atoms with Crippen LogP contribution in [0, 0.1) is 12.7 Å². The predicted molar refractivity (Wildman–Crippen MR) is 59.8 cm³/mol. The van der Waals surface area contributed by atoms with Gasteiger partial charge < -0.3 is 10.4 Å². The lowest BCUT2D eigenvalue weighted by molar-refractivity contribution is 0.0910. The lowest BCUT2D eigenvalue weighted by Crippen LogP contribution is -2.37. The first-order chi connectivity index (χ1) is 7.60. The summed E-state index contributed by atoms with van der Waals surface area (Å²) < 4.78 is 13.6. The average molecular weight is 225 g/mol. The van der Waals surface area contributed by atoms with Crippen molar-refractivity contribution in [3.63, 3.8) is 0 Å². The number of amides is 1. The highest BCUT2D eigenvalue weighted by Gasteiger charge is 2.15. The molecule has 0 saturated carbocycles. The molecular formula is C12H16FNO2. The van der Waals surface area contributed by atoms with Crippen LogP contribution in [0.5, 0.6) is 0 Å². The van der Waals surface area contributed by atoms with E-state index in [1.54, 1.807) is 19.1 Å². The van der Waals surface area contributed by atoms with Crippen LogP contribution in [0.1, 0.15) is 29.3 Å². The third-order valence-electron chi connectivity index (χ3n) is 2.48. The van der Waals surface area contributed by atoms with Crippen LogP contribution < -0.4 is 5.32 Å². The third-order valence-corrected chi connectivity index (χ3v) is 2.48. The molecule has 16 heavy (non-hydrogen) atoms. The number of aliphatic hydroxyl groups is 1. The molecule has 1 aromatic rings. The van der Waals surface area contributed by atoms with Crippen molar-refractivity contribution in [2.75, 3.05) is 6.61 Å². The number of nitrogens with one attached hydrogen (secondary N) is 1. The second kappa shape index (κ2) is 5.61. The minimum Gasteiger partial charge on any atom is -0.394 e. The summed E-state index contributed by atoms with van der Waals surface area (Å²) in [6, 6.07) is 4.34. The minimum absolute atomic E-state index is 0.0203. The summed E-state index contributed by atoms with van der Waals surface area (Å²) in [7, 11) is 0. The van der Waals surface area contributed by atoms with E-state index in [9.17, 15) is 9.18 Å². The Hall–Kier alpha value is -1.42. The highest BCUT2D eigenvalue weighted by Crippen LogP contribution is 2.11. The maximum absolute atomic E-state index is 13.6. The standard InChI is InChI=1S/C12H16FNO2/c1-3-9(7-15)14-12(16)10-6-4-5-8(2)11(10)13/h4-6,9,15H,3,7H2,1-2H3,(H,14,16). The number of carbonyl (C=O) groups excluding carboxylic acids is 1. The van der Waals surface area contributed by atoms with E-state index in [1.807, 2.05) is 6.92 Å². The van der Waals surface area contributed by atoms with Gasteiger partial charge in [-0.05, 0) is 25.0 Å². The van der Waals surface area contributed by atoms with E-state index < -0.39 is 11.7 Å². The Morgan fingerprint density at radius 1 is 1.56 bits per heavy atom. The second-order valence-corrected chi connectivity index (χ2v) is 3.70. The zero-order chi connectivity index (χ0) is 12.1. The summed E-state index contributed by atoms with van der Waals surface area (Å²) in [5.74, 6) is -0.991. The van der Waals surface area contributed by atoms with Gasteiger partial charge >= 0.3 is 0 Å². The summed E-state index contributed by atoms with van der Waals surface area (Å²) in [6.07, 6.45) is 0.607. The molecule has 2 N–H and O–H groups in total. The van der Waals surface area contributed by atoms with Gasteiger partial charge in [0.15, 0.2) is 0 Å². The van der Waals surface area contributed by atoms with Gasteiger partial charge in [-0.15, -0.1) is 0 Å². The Morgan fingerprint density at radius 2 is 2.25 bits per heavy atom. The van der Waals surface area contributed by atoms with Gasteiger partial charge in [0.25, 0.3) is 5.91 Å². The number of carbonyl (C=O) groups is 1. The minimum atomic E-state index is -0.507. The fourth-order valence-electron chi connectivity index (χ4n) is 1.36. The van der Waals surface area contributed by atoms with Crippen molar-refractivity contribution < 1.29 is 14.3 Å². The number of hydrogen-bond acceptors (Lipinski definition) is 2. The number of aryl methyl sites for hydroxylation is 1. The fraction of sp³-hybridized carbons (Fsp3) is 0.417. The maximum Gasteiger partial charge on any atom is 0.254 e. The van der Waals surface area contributed by atoms with Crippen LogP contribution in [0.15, 0.2) is 18.2 Å².